The molecule has 7 N–H and O–H groups in total. The number of Topliss-reactive ketones (excluding diaryl/α,β-unsaturated/α-hetero) is 2. The van der Waals surface area contributed by atoms with Gasteiger partial charge in [0.05, 0.1) is 11.6 Å². The first-order valence-corrected chi connectivity index (χ1v) is 13.3. The number of aliphatic hydroxyl groups excluding tert-OH is 2. The van der Waals surface area contributed by atoms with Crippen molar-refractivity contribution in [3.63, 3.8) is 0 Å². The van der Waals surface area contributed by atoms with Crippen LogP contribution < -0.4 is 11.1 Å². The summed E-state index contributed by atoms with van der Waals surface area (Å²) in [5, 5.41) is 48.3. The molecule has 4 atom stereocenters. The number of carbonyl (C=O) groups excluding carboxylic acids is 3. The van der Waals surface area contributed by atoms with Crippen LogP contribution in [-0.2, 0) is 27.3 Å². The summed E-state index contributed by atoms with van der Waals surface area (Å²) in [6.45, 7) is 2.51. The number of benzene rings is 1. The lowest BCUT2D eigenvalue weighted by atomic mass is 9.57. The van der Waals surface area contributed by atoms with Gasteiger partial charge >= 0.3 is 0 Å². The largest absolute Gasteiger partial charge is 0.508 e. The van der Waals surface area contributed by atoms with Crippen LogP contribution in [0.3, 0.4) is 0 Å². The van der Waals surface area contributed by atoms with E-state index in [2.05, 4.69) is 17.3 Å². The number of carbonyl (C=O) groups is 3. The molecule has 1 aliphatic heterocycles. The number of nitrogens with zero attached hydrogens (tertiary/aromatic N) is 2. The molecule has 0 unspecified atom stereocenters. The lowest BCUT2D eigenvalue weighted by Gasteiger charge is -2.50. The maximum atomic E-state index is 13.9. The molecule has 1 aromatic carbocycles. The highest BCUT2D eigenvalue weighted by Crippen LogP contribution is 2.52. The van der Waals surface area contributed by atoms with Gasteiger partial charge in [0.1, 0.15) is 22.8 Å². The lowest BCUT2D eigenvalue weighted by molar-refractivity contribution is -0.153. The van der Waals surface area contributed by atoms with Crippen LogP contribution >= 0.6 is 0 Å². The molecule has 0 spiro atoms. The average Bonchev–Trinajstić information content (AvgIpc) is 2.86. The first-order chi connectivity index (χ1) is 18.4. The number of likely N-dealkylation sites (N-methyl/N-ethyl adjacent to an activating group) is 1. The Labute approximate surface area is 226 Å². The number of phenols is 1. The molecule has 210 valence electrons. The van der Waals surface area contributed by atoms with Crippen molar-refractivity contribution in [1.82, 2.24) is 15.1 Å². The van der Waals surface area contributed by atoms with Gasteiger partial charge in [-0.25, -0.2) is 0 Å². The molecule has 1 aromatic rings. The van der Waals surface area contributed by atoms with Gasteiger partial charge in [0.15, 0.2) is 11.4 Å². The predicted octanol–water partition coefficient (Wildman–Crippen LogP) is 0.148. The van der Waals surface area contributed by atoms with Gasteiger partial charge in [-0.15, -0.1) is 0 Å². The van der Waals surface area contributed by atoms with E-state index in [9.17, 15) is 34.8 Å². The maximum Gasteiger partial charge on any atom is 0.255 e. The van der Waals surface area contributed by atoms with Crippen LogP contribution in [0.4, 0.5) is 0 Å². The normalized spacial score (nSPS) is 29.9. The summed E-state index contributed by atoms with van der Waals surface area (Å²) >= 11 is 0. The Morgan fingerprint density at radius 3 is 2.46 bits per heavy atom. The molecule has 0 radical (unpaired) electrons. The maximum absolute atomic E-state index is 13.9. The number of ketones is 2. The summed E-state index contributed by atoms with van der Waals surface area (Å²) in [5.41, 5.74) is 3.47. The van der Waals surface area contributed by atoms with Crippen LogP contribution in [0.1, 0.15) is 36.0 Å². The van der Waals surface area contributed by atoms with E-state index in [0.29, 0.717) is 18.2 Å². The van der Waals surface area contributed by atoms with Crippen LogP contribution in [-0.4, -0.2) is 99.6 Å². The van der Waals surface area contributed by atoms with Gasteiger partial charge in [-0.2, -0.15) is 0 Å². The molecule has 11 nitrogen and oxygen atoms in total. The van der Waals surface area contributed by atoms with E-state index in [1.54, 1.807) is 20.2 Å². The Morgan fingerprint density at radius 2 is 1.85 bits per heavy atom. The van der Waals surface area contributed by atoms with Gasteiger partial charge in [-0.1, -0.05) is 6.07 Å². The molecule has 0 bridgehead atoms. The second kappa shape index (κ2) is 9.74. The third-order valence-corrected chi connectivity index (χ3v) is 9.00. The molecule has 5 rings (SSSR count). The number of phenolic OH excluding ortho intramolecular Hbond substituents is 1. The van der Waals surface area contributed by atoms with Crippen molar-refractivity contribution < 1.29 is 34.8 Å². The number of nitrogens with two attached hydrogens (primary N) is 1. The minimum atomic E-state index is -2.63. The van der Waals surface area contributed by atoms with Crippen molar-refractivity contribution in [3.8, 4) is 5.75 Å². The van der Waals surface area contributed by atoms with E-state index >= 15 is 0 Å². The Kier molecular flexibility index (Phi) is 6.82. The quantitative estimate of drug-likeness (QED) is 0.282. The molecule has 3 aliphatic carbocycles. The van der Waals surface area contributed by atoms with E-state index in [0.717, 1.165) is 31.5 Å². The van der Waals surface area contributed by atoms with Crippen molar-refractivity contribution >= 4 is 23.2 Å². The van der Waals surface area contributed by atoms with Gasteiger partial charge in [-0.3, -0.25) is 19.3 Å². The smallest absolute Gasteiger partial charge is 0.255 e. The van der Waals surface area contributed by atoms with Gasteiger partial charge in [0, 0.05) is 24.1 Å². The van der Waals surface area contributed by atoms with Crippen molar-refractivity contribution in [3.05, 3.63) is 45.7 Å². The first kappa shape index (κ1) is 27.3. The Bertz CT molecular complexity index is 1310. The fraction of sp³-hybridized carbons (Fsp3) is 0.536. The van der Waals surface area contributed by atoms with Crippen LogP contribution in [0.5, 0.6) is 5.75 Å². The van der Waals surface area contributed by atoms with Crippen LogP contribution in [0, 0.1) is 11.8 Å². The minimum Gasteiger partial charge on any atom is -0.508 e. The molecular formula is C28H36N4O7. The van der Waals surface area contributed by atoms with Crippen molar-refractivity contribution in [2.75, 3.05) is 34.2 Å². The van der Waals surface area contributed by atoms with E-state index in [1.807, 2.05) is 0 Å². The highest BCUT2D eigenvalue weighted by Gasteiger charge is 2.64. The van der Waals surface area contributed by atoms with Gasteiger partial charge in [-0.05, 0) is 83.0 Å². The fourth-order valence-corrected chi connectivity index (χ4v) is 6.94. The molecule has 1 saturated heterocycles. The number of aliphatic hydroxyl groups is 3. The van der Waals surface area contributed by atoms with E-state index in [4.69, 9.17) is 5.73 Å². The molecular weight excluding hydrogens is 504 g/mol. The second-order valence-electron chi connectivity index (χ2n) is 11.5. The molecule has 4 aliphatic rings. The number of aromatic hydroxyl groups is 1. The molecule has 2 fully saturated rings. The molecule has 1 heterocycles. The van der Waals surface area contributed by atoms with E-state index < -0.39 is 58.0 Å². The number of hydrogen-bond acceptors (Lipinski definition) is 10. The molecule has 1 saturated carbocycles. The van der Waals surface area contributed by atoms with Crippen LogP contribution in [0.15, 0.2) is 29.0 Å². The number of primary amides is 1. The zero-order chi connectivity index (χ0) is 28.4. The molecule has 1 amide bonds. The summed E-state index contributed by atoms with van der Waals surface area (Å²) in [6, 6.07) is 2.51. The summed E-state index contributed by atoms with van der Waals surface area (Å²) in [5.74, 6) is -6.45. The Morgan fingerprint density at radius 1 is 1.18 bits per heavy atom. The predicted molar refractivity (Wildman–Crippen MR) is 142 cm³/mol. The zero-order valence-electron chi connectivity index (χ0n) is 22.4. The summed E-state index contributed by atoms with van der Waals surface area (Å²) in [7, 11) is 5.26. The summed E-state index contributed by atoms with van der Waals surface area (Å²) in [4.78, 5) is 43.0. The standard InChI is InChI=1S/C28H36N4O7/c1-31(2)22-17-11-14-10-16-13(12-30-15-6-8-32(3)9-7-15)4-5-18(33)20(16)23(34)19(14)25(36)28(17,39)26(37)21(24(22)35)27(29)38/h4-5,14-15,17,22,30,33-34,37,39H,6-12H2,1-3H3,(H2,29,38)/t14-,17-,22-,28-/m0/s1. The van der Waals surface area contributed by atoms with E-state index in [1.165, 1.54) is 11.0 Å². The number of piperidine rings is 1. The third kappa shape index (κ3) is 4.15. The summed E-state index contributed by atoms with van der Waals surface area (Å²) in [6.07, 6.45) is 2.37. The zero-order valence-corrected chi connectivity index (χ0v) is 22.4. The number of rotatable bonds is 5. The summed E-state index contributed by atoms with van der Waals surface area (Å²) < 4.78 is 0. The number of hydrogen-bond donors (Lipinski definition) is 6. The van der Waals surface area contributed by atoms with Crippen molar-refractivity contribution in [1.29, 1.82) is 0 Å². The molecule has 11 heteroatoms. The van der Waals surface area contributed by atoms with Crippen LogP contribution in [0.25, 0.3) is 5.76 Å². The third-order valence-electron chi connectivity index (χ3n) is 9.00. The van der Waals surface area contributed by atoms with Crippen molar-refractivity contribution in [2.45, 2.75) is 49.9 Å². The number of likely N-dealkylation sites (tertiary alicyclic amines) is 1. The molecule has 0 aromatic heterocycles. The monoisotopic (exact) mass is 540 g/mol. The van der Waals surface area contributed by atoms with Gasteiger partial charge < -0.3 is 36.4 Å². The Hall–Kier alpha value is -3.25. The van der Waals surface area contributed by atoms with Crippen molar-refractivity contribution in [2.24, 2.45) is 17.6 Å². The number of nitrogens with one attached hydrogen (secondary N) is 1. The lowest BCUT2D eigenvalue weighted by Crippen LogP contribution is -2.65. The topological polar surface area (TPSA) is 177 Å². The number of fused-ring (bicyclic) bond motifs is 3. The van der Waals surface area contributed by atoms with Crippen LogP contribution in [0.2, 0.25) is 0 Å². The minimum absolute atomic E-state index is 0.0727. The average molecular weight is 541 g/mol. The van der Waals surface area contributed by atoms with Gasteiger partial charge in [0.2, 0.25) is 5.78 Å². The highest BCUT2D eigenvalue weighted by atomic mass is 16.3. The SMILES string of the molecule is CN1CCC(NCc2ccc(O)c3c2C[C@H]2C[C@H]4[C@H](N(C)C)C(=O)C(C(N)=O)=C(O)[C@@]4(O)C(=O)C2=C3O)CC1. The van der Waals surface area contributed by atoms with E-state index in [-0.39, 0.29) is 29.7 Å². The Balaban J connectivity index is 1.57. The number of amides is 1. The van der Waals surface area contributed by atoms with Gasteiger partial charge in [0.25, 0.3) is 5.91 Å². The fourth-order valence-electron chi connectivity index (χ4n) is 6.94. The highest BCUT2D eigenvalue weighted by molar-refractivity contribution is 6.24. The molecule has 39 heavy (non-hydrogen) atoms. The second-order valence-corrected chi connectivity index (χ2v) is 11.5. The first-order valence-electron chi connectivity index (χ1n) is 13.3.